The van der Waals surface area contributed by atoms with Crippen LogP contribution in [0.2, 0.25) is 0 Å². The van der Waals surface area contributed by atoms with Gasteiger partial charge in [0, 0.05) is 19.5 Å². The van der Waals surface area contributed by atoms with Crippen molar-refractivity contribution in [2.45, 2.75) is 18.5 Å². The van der Waals surface area contributed by atoms with Gasteiger partial charge >= 0.3 is 6.18 Å². The van der Waals surface area contributed by atoms with Crippen LogP contribution >= 0.6 is 0 Å². The van der Waals surface area contributed by atoms with E-state index in [9.17, 15) is 27.6 Å². The van der Waals surface area contributed by atoms with Gasteiger partial charge in [-0.2, -0.15) is 18.2 Å². The number of ether oxygens (including phenoxy) is 1. The second-order valence-corrected chi connectivity index (χ2v) is 7.09. The Hall–Kier alpha value is -3.41. The van der Waals surface area contributed by atoms with Gasteiger partial charge in [0.25, 0.3) is 5.56 Å². The average Bonchev–Trinajstić information content (AvgIpc) is 2.73. The number of carbonyl (C=O) groups excluding carboxylic acids is 2. The molecule has 0 aliphatic carbocycles. The highest BCUT2D eigenvalue weighted by Crippen LogP contribution is 2.36. The molecule has 1 saturated heterocycles. The number of alkyl halides is 3. The summed E-state index contributed by atoms with van der Waals surface area (Å²) in [6, 6.07) is 4.48. The van der Waals surface area contributed by atoms with Crippen LogP contribution in [0.5, 0.6) is 0 Å². The SMILES string of the molecule is O=C1CC(C(=O)Nc2ccccc2C(F)(F)F)c2c(nc(N3CCOCC3)[nH]c2=O)N1. The Bertz CT molecular complexity index is 1080. The van der Waals surface area contributed by atoms with Gasteiger partial charge in [-0.3, -0.25) is 19.4 Å². The Morgan fingerprint density at radius 2 is 1.90 bits per heavy atom. The molecule has 9 nitrogen and oxygen atoms in total. The summed E-state index contributed by atoms with van der Waals surface area (Å²) in [5.41, 5.74) is -2.23. The molecule has 3 N–H and O–H groups in total. The van der Waals surface area contributed by atoms with Crippen molar-refractivity contribution >= 4 is 29.3 Å². The number of aromatic amines is 1. The Morgan fingerprint density at radius 1 is 1.19 bits per heavy atom. The molecule has 2 aromatic rings. The van der Waals surface area contributed by atoms with Crippen molar-refractivity contribution in [3.05, 3.63) is 45.7 Å². The van der Waals surface area contributed by atoms with Gasteiger partial charge in [0.1, 0.15) is 5.82 Å². The van der Waals surface area contributed by atoms with Gasteiger partial charge in [0.05, 0.1) is 35.9 Å². The predicted octanol–water partition coefficient (Wildman–Crippen LogP) is 1.69. The summed E-state index contributed by atoms with van der Waals surface area (Å²) in [5, 5.41) is 4.68. The topological polar surface area (TPSA) is 116 Å². The predicted molar refractivity (Wildman–Crippen MR) is 104 cm³/mol. The number of hydrogen-bond donors (Lipinski definition) is 3. The number of carbonyl (C=O) groups is 2. The van der Waals surface area contributed by atoms with Gasteiger partial charge in [-0.15, -0.1) is 0 Å². The fourth-order valence-electron chi connectivity index (χ4n) is 3.57. The van der Waals surface area contributed by atoms with Crippen LogP contribution in [-0.2, 0) is 20.5 Å². The van der Waals surface area contributed by atoms with Gasteiger partial charge in [-0.05, 0) is 12.1 Å². The maximum absolute atomic E-state index is 13.2. The average molecular weight is 437 g/mol. The van der Waals surface area contributed by atoms with Crippen LogP contribution in [0, 0.1) is 0 Å². The summed E-state index contributed by atoms with van der Waals surface area (Å²) >= 11 is 0. The third kappa shape index (κ3) is 4.24. The first-order chi connectivity index (χ1) is 14.7. The van der Waals surface area contributed by atoms with Crippen LogP contribution in [0.4, 0.5) is 30.6 Å². The van der Waals surface area contributed by atoms with Gasteiger partial charge in [-0.1, -0.05) is 12.1 Å². The molecule has 2 amide bonds. The number of H-pyrrole nitrogens is 1. The van der Waals surface area contributed by atoms with E-state index in [0.717, 1.165) is 12.1 Å². The van der Waals surface area contributed by atoms with Gasteiger partial charge in [0.2, 0.25) is 17.8 Å². The number of amides is 2. The highest BCUT2D eigenvalue weighted by Gasteiger charge is 2.37. The number of benzene rings is 1. The number of rotatable bonds is 3. The lowest BCUT2D eigenvalue weighted by molar-refractivity contribution is -0.137. The molecular formula is C19H18F3N5O4. The second-order valence-electron chi connectivity index (χ2n) is 7.09. The molecule has 1 atom stereocenters. The number of hydrogen-bond acceptors (Lipinski definition) is 6. The summed E-state index contributed by atoms with van der Waals surface area (Å²) in [7, 11) is 0. The first kappa shape index (κ1) is 20.8. The van der Waals surface area contributed by atoms with Crippen LogP contribution < -0.4 is 21.1 Å². The number of anilines is 3. The zero-order chi connectivity index (χ0) is 22.2. The lowest BCUT2D eigenvalue weighted by atomic mass is 9.92. The van der Waals surface area contributed by atoms with Crippen molar-refractivity contribution in [2.75, 3.05) is 41.8 Å². The number of halogens is 3. The molecule has 0 spiro atoms. The smallest absolute Gasteiger partial charge is 0.378 e. The maximum atomic E-state index is 13.2. The Morgan fingerprint density at radius 3 is 2.61 bits per heavy atom. The summed E-state index contributed by atoms with van der Waals surface area (Å²) in [6.45, 7) is 1.84. The summed E-state index contributed by atoms with van der Waals surface area (Å²) < 4.78 is 45.0. The zero-order valence-corrected chi connectivity index (χ0v) is 16.1. The first-order valence-electron chi connectivity index (χ1n) is 9.48. The summed E-state index contributed by atoms with van der Waals surface area (Å²) in [5.74, 6) is -2.62. The molecule has 1 aromatic heterocycles. The fraction of sp³-hybridized carbons (Fsp3) is 0.368. The molecule has 2 aliphatic rings. The monoisotopic (exact) mass is 437 g/mol. The van der Waals surface area contributed by atoms with Crippen molar-refractivity contribution < 1.29 is 27.5 Å². The summed E-state index contributed by atoms with van der Waals surface area (Å²) in [4.78, 5) is 46.4. The molecule has 0 saturated carbocycles. The lowest BCUT2D eigenvalue weighted by Gasteiger charge is -2.29. The zero-order valence-electron chi connectivity index (χ0n) is 16.1. The number of nitrogens with zero attached hydrogens (tertiary/aromatic N) is 2. The van der Waals surface area contributed by atoms with Crippen LogP contribution in [0.15, 0.2) is 29.1 Å². The molecule has 31 heavy (non-hydrogen) atoms. The van der Waals surface area contributed by atoms with E-state index in [0.29, 0.717) is 26.3 Å². The Kier molecular flexibility index (Phi) is 5.39. The molecule has 1 fully saturated rings. The highest BCUT2D eigenvalue weighted by molar-refractivity contribution is 6.04. The Labute approximate surface area is 173 Å². The van der Waals surface area contributed by atoms with Crippen LogP contribution in [0.3, 0.4) is 0 Å². The third-order valence-electron chi connectivity index (χ3n) is 5.06. The third-order valence-corrected chi connectivity index (χ3v) is 5.06. The minimum Gasteiger partial charge on any atom is -0.378 e. The van der Waals surface area contributed by atoms with Crippen LogP contribution in [-0.4, -0.2) is 48.1 Å². The number of fused-ring (bicyclic) bond motifs is 1. The van der Waals surface area contributed by atoms with E-state index in [1.807, 2.05) is 0 Å². The van der Waals surface area contributed by atoms with Gasteiger partial charge in [0.15, 0.2) is 0 Å². The molecule has 3 heterocycles. The molecule has 1 unspecified atom stereocenters. The molecule has 0 bridgehead atoms. The quantitative estimate of drug-likeness (QED) is 0.673. The van der Waals surface area contributed by atoms with Crippen LogP contribution in [0.1, 0.15) is 23.5 Å². The standard InChI is InChI=1S/C19H18F3N5O4/c20-19(21,22)11-3-1-2-4-12(11)23-16(29)10-9-13(28)24-15-14(10)17(30)26-18(25-15)27-5-7-31-8-6-27/h1-4,10H,5-9H2,(H,23,29)(H2,24,25,26,28,30). The Balaban J connectivity index is 1.66. The van der Waals surface area contributed by atoms with Crippen molar-refractivity contribution in [1.29, 1.82) is 0 Å². The van der Waals surface area contributed by atoms with E-state index in [4.69, 9.17) is 4.74 Å². The second kappa shape index (κ2) is 8.02. The van der Waals surface area contributed by atoms with Gasteiger partial charge < -0.3 is 20.3 Å². The number of aromatic nitrogens is 2. The highest BCUT2D eigenvalue weighted by atomic mass is 19.4. The van der Waals surface area contributed by atoms with E-state index in [1.54, 1.807) is 4.90 Å². The molecule has 0 radical (unpaired) electrons. The molecule has 164 valence electrons. The number of morpholine rings is 1. The van der Waals surface area contributed by atoms with Crippen LogP contribution in [0.25, 0.3) is 0 Å². The van der Waals surface area contributed by atoms with E-state index >= 15 is 0 Å². The molecule has 12 heteroatoms. The van der Waals surface area contributed by atoms with Crippen molar-refractivity contribution in [1.82, 2.24) is 9.97 Å². The molecule has 2 aliphatic heterocycles. The lowest BCUT2D eigenvalue weighted by Crippen LogP contribution is -2.41. The maximum Gasteiger partial charge on any atom is 0.418 e. The fourth-order valence-corrected chi connectivity index (χ4v) is 3.57. The largest absolute Gasteiger partial charge is 0.418 e. The van der Waals surface area contributed by atoms with E-state index in [2.05, 4.69) is 20.6 Å². The normalized spacial score (nSPS) is 18.9. The van der Waals surface area contributed by atoms with E-state index in [1.165, 1.54) is 12.1 Å². The molecular weight excluding hydrogens is 419 g/mol. The minimum absolute atomic E-state index is 0.0780. The number of nitrogens with one attached hydrogen (secondary N) is 3. The van der Waals surface area contributed by atoms with E-state index in [-0.39, 0.29) is 17.3 Å². The first-order valence-corrected chi connectivity index (χ1v) is 9.48. The van der Waals surface area contributed by atoms with E-state index < -0.39 is 47.1 Å². The van der Waals surface area contributed by atoms with Crippen molar-refractivity contribution in [3.8, 4) is 0 Å². The molecule has 4 rings (SSSR count). The van der Waals surface area contributed by atoms with Crippen molar-refractivity contribution in [2.24, 2.45) is 0 Å². The number of para-hydroxylation sites is 1. The summed E-state index contributed by atoms with van der Waals surface area (Å²) in [6.07, 6.45) is -5.08. The minimum atomic E-state index is -4.68. The van der Waals surface area contributed by atoms with Gasteiger partial charge in [-0.25, -0.2) is 0 Å². The van der Waals surface area contributed by atoms with Crippen molar-refractivity contribution in [3.63, 3.8) is 0 Å². The molecule has 1 aromatic carbocycles.